The fraction of sp³-hybridized carbons (Fsp3) is 0.600. The molecule has 0 aliphatic carbocycles. The Labute approximate surface area is 122 Å². The maximum atomic E-state index is 12.5. The normalized spacial score (nSPS) is 11.8. The molecule has 20 heavy (non-hydrogen) atoms. The SMILES string of the molecule is Cc1cc(C)c(C)c(S(=O)(=O)NCCCCCO)c1C. The fourth-order valence-corrected chi connectivity index (χ4v) is 3.96. The minimum atomic E-state index is -3.47. The first-order valence-corrected chi connectivity index (χ1v) is 8.47. The third kappa shape index (κ3) is 4.04. The van der Waals surface area contributed by atoms with Crippen molar-refractivity contribution in [2.24, 2.45) is 0 Å². The Morgan fingerprint density at radius 1 is 1.00 bits per heavy atom. The van der Waals surface area contributed by atoms with Crippen molar-refractivity contribution >= 4 is 10.0 Å². The highest BCUT2D eigenvalue weighted by Crippen LogP contribution is 2.25. The molecule has 0 saturated carbocycles. The van der Waals surface area contributed by atoms with Gasteiger partial charge in [0.1, 0.15) is 0 Å². The second kappa shape index (κ2) is 7.20. The van der Waals surface area contributed by atoms with Crippen molar-refractivity contribution in [3.63, 3.8) is 0 Å². The zero-order valence-corrected chi connectivity index (χ0v) is 13.6. The molecular weight excluding hydrogens is 274 g/mol. The van der Waals surface area contributed by atoms with Crippen LogP contribution < -0.4 is 4.72 Å². The van der Waals surface area contributed by atoms with Crippen molar-refractivity contribution in [2.75, 3.05) is 13.2 Å². The molecule has 0 bridgehead atoms. The third-order valence-electron chi connectivity index (χ3n) is 3.69. The summed E-state index contributed by atoms with van der Waals surface area (Å²) in [5.41, 5.74) is 3.62. The Morgan fingerprint density at radius 3 is 2.05 bits per heavy atom. The number of benzene rings is 1. The van der Waals surface area contributed by atoms with Crippen molar-refractivity contribution in [1.82, 2.24) is 4.72 Å². The lowest BCUT2D eigenvalue weighted by molar-refractivity contribution is 0.283. The van der Waals surface area contributed by atoms with Gasteiger partial charge in [-0.05, 0) is 69.2 Å². The van der Waals surface area contributed by atoms with Crippen LogP contribution in [0.3, 0.4) is 0 Å². The molecule has 0 heterocycles. The summed E-state index contributed by atoms with van der Waals surface area (Å²) < 4.78 is 27.6. The number of unbranched alkanes of at least 4 members (excludes halogenated alkanes) is 2. The molecule has 5 heteroatoms. The smallest absolute Gasteiger partial charge is 0.241 e. The second-order valence-electron chi connectivity index (χ2n) is 5.27. The molecule has 1 aromatic carbocycles. The summed E-state index contributed by atoms with van der Waals surface area (Å²) in [5.74, 6) is 0. The molecule has 0 unspecified atom stereocenters. The van der Waals surface area contributed by atoms with Crippen LogP contribution in [-0.2, 0) is 10.0 Å². The molecule has 0 fully saturated rings. The van der Waals surface area contributed by atoms with Gasteiger partial charge < -0.3 is 5.11 Å². The average molecular weight is 299 g/mol. The molecular formula is C15H25NO3S. The van der Waals surface area contributed by atoms with Gasteiger partial charge in [0, 0.05) is 13.2 Å². The van der Waals surface area contributed by atoms with Crippen LogP contribution in [0.2, 0.25) is 0 Å². The Hall–Kier alpha value is -0.910. The molecule has 2 N–H and O–H groups in total. The number of hydrogen-bond acceptors (Lipinski definition) is 3. The Kier molecular flexibility index (Phi) is 6.17. The lowest BCUT2D eigenvalue weighted by Gasteiger charge is -2.16. The molecule has 0 amide bonds. The van der Waals surface area contributed by atoms with Gasteiger partial charge in [0.15, 0.2) is 0 Å². The molecule has 0 atom stereocenters. The topological polar surface area (TPSA) is 66.4 Å². The predicted octanol–water partition coefficient (Wildman–Crippen LogP) is 2.36. The van der Waals surface area contributed by atoms with Crippen LogP contribution in [0.25, 0.3) is 0 Å². The molecule has 0 radical (unpaired) electrons. The van der Waals surface area contributed by atoms with Gasteiger partial charge in [-0.2, -0.15) is 0 Å². The van der Waals surface area contributed by atoms with Gasteiger partial charge in [0.25, 0.3) is 0 Å². The fourth-order valence-electron chi connectivity index (χ4n) is 2.28. The van der Waals surface area contributed by atoms with Crippen molar-refractivity contribution in [3.05, 3.63) is 28.3 Å². The van der Waals surface area contributed by atoms with E-state index in [4.69, 9.17) is 5.11 Å². The van der Waals surface area contributed by atoms with Gasteiger partial charge in [-0.1, -0.05) is 6.07 Å². The van der Waals surface area contributed by atoms with Crippen LogP contribution in [0.4, 0.5) is 0 Å². The molecule has 0 saturated heterocycles. The minimum Gasteiger partial charge on any atom is -0.396 e. The molecule has 114 valence electrons. The zero-order chi connectivity index (χ0) is 15.3. The highest BCUT2D eigenvalue weighted by atomic mass is 32.2. The summed E-state index contributed by atoms with van der Waals surface area (Å²) in [7, 11) is -3.47. The molecule has 1 aromatic rings. The quantitative estimate of drug-likeness (QED) is 0.760. The van der Waals surface area contributed by atoms with Gasteiger partial charge in [-0.15, -0.1) is 0 Å². The number of aliphatic hydroxyl groups excluding tert-OH is 1. The molecule has 0 aliphatic rings. The minimum absolute atomic E-state index is 0.155. The Morgan fingerprint density at radius 2 is 1.55 bits per heavy atom. The highest BCUT2D eigenvalue weighted by Gasteiger charge is 2.21. The number of nitrogens with one attached hydrogen (secondary N) is 1. The highest BCUT2D eigenvalue weighted by molar-refractivity contribution is 7.89. The van der Waals surface area contributed by atoms with Gasteiger partial charge in [-0.25, -0.2) is 13.1 Å². The van der Waals surface area contributed by atoms with E-state index < -0.39 is 10.0 Å². The summed E-state index contributed by atoms with van der Waals surface area (Å²) in [6.45, 7) is 8.13. The molecule has 1 rings (SSSR count). The van der Waals surface area contributed by atoms with Crippen LogP contribution in [0.15, 0.2) is 11.0 Å². The van der Waals surface area contributed by atoms with E-state index in [-0.39, 0.29) is 6.61 Å². The predicted molar refractivity (Wildman–Crippen MR) is 81.5 cm³/mol. The number of hydrogen-bond donors (Lipinski definition) is 2. The van der Waals surface area contributed by atoms with E-state index in [0.717, 1.165) is 35.1 Å². The molecule has 0 spiro atoms. The first kappa shape index (κ1) is 17.1. The van der Waals surface area contributed by atoms with E-state index >= 15 is 0 Å². The van der Waals surface area contributed by atoms with Crippen molar-refractivity contribution < 1.29 is 13.5 Å². The largest absolute Gasteiger partial charge is 0.396 e. The first-order chi connectivity index (χ1) is 9.31. The van der Waals surface area contributed by atoms with E-state index in [1.807, 2.05) is 33.8 Å². The Bertz CT molecular complexity index is 539. The van der Waals surface area contributed by atoms with Crippen LogP contribution >= 0.6 is 0 Å². The number of aliphatic hydroxyl groups is 1. The average Bonchev–Trinajstić information content (AvgIpc) is 2.36. The number of aryl methyl sites for hydroxylation is 2. The molecule has 0 aromatic heterocycles. The van der Waals surface area contributed by atoms with Crippen LogP contribution in [0.1, 0.15) is 41.5 Å². The van der Waals surface area contributed by atoms with E-state index in [1.54, 1.807) is 0 Å². The van der Waals surface area contributed by atoms with Crippen LogP contribution in [-0.4, -0.2) is 26.7 Å². The first-order valence-electron chi connectivity index (χ1n) is 6.99. The Balaban J connectivity index is 2.93. The lowest BCUT2D eigenvalue weighted by atomic mass is 10.0. The molecule has 0 aliphatic heterocycles. The van der Waals surface area contributed by atoms with Crippen LogP contribution in [0.5, 0.6) is 0 Å². The zero-order valence-electron chi connectivity index (χ0n) is 12.8. The van der Waals surface area contributed by atoms with E-state index in [1.165, 1.54) is 0 Å². The second-order valence-corrected chi connectivity index (χ2v) is 6.98. The number of sulfonamides is 1. The van der Waals surface area contributed by atoms with Crippen LogP contribution in [0, 0.1) is 27.7 Å². The summed E-state index contributed by atoms with van der Waals surface area (Å²) in [6.07, 6.45) is 2.27. The summed E-state index contributed by atoms with van der Waals surface area (Å²) in [6, 6.07) is 2.02. The van der Waals surface area contributed by atoms with Crippen molar-refractivity contribution in [3.8, 4) is 0 Å². The van der Waals surface area contributed by atoms with Gasteiger partial charge in [0.2, 0.25) is 10.0 Å². The van der Waals surface area contributed by atoms with E-state index in [2.05, 4.69) is 4.72 Å². The number of rotatable bonds is 7. The summed E-state index contributed by atoms with van der Waals surface area (Å²) in [5, 5.41) is 8.70. The third-order valence-corrected chi connectivity index (χ3v) is 5.43. The van der Waals surface area contributed by atoms with Gasteiger partial charge in [0.05, 0.1) is 4.90 Å². The standard InChI is InChI=1S/C15H25NO3S/c1-11-10-12(2)14(4)15(13(11)3)20(18,19)16-8-6-5-7-9-17/h10,16-17H,5-9H2,1-4H3. The summed E-state index contributed by atoms with van der Waals surface area (Å²) >= 11 is 0. The maximum Gasteiger partial charge on any atom is 0.241 e. The summed E-state index contributed by atoms with van der Waals surface area (Å²) in [4.78, 5) is 0.414. The van der Waals surface area contributed by atoms with E-state index in [9.17, 15) is 8.42 Å². The van der Waals surface area contributed by atoms with Gasteiger partial charge >= 0.3 is 0 Å². The van der Waals surface area contributed by atoms with Crippen molar-refractivity contribution in [2.45, 2.75) is 51.9 Å². The maximum absolute atomic E-state index is 12.5. The van der Waals surface area contributed by atoms with E-state index in [0.29, 0.717) is 17.9 Å². The monoisotopic (exact) mass is 299 g/mol. The van der Waals surface area contributed by atoms with Crippen molar-refractivity contribution in [1.29, 1.82) is 0 Å². The van der Waals surface area contributed by atoms with Gasteiger partial charge in [-0.3, -0.25) is 0 Å². The molecule has 4 nitrogen and oxygen atoms in total. The lowest BCUT2D eigenvalue weighted by Crippen LogP contribution is -2.26.